The lowest BCUT2D eigenvalue weighted by Crippen LogP contribution is -2.23. The number of rotatable bonds is 8. The van der Waals surface area contributed by atoms with E-state index in [9.17, 15) is 15.3 Å². The normalized spacial score (nSPS) is 12.0. The quantitative estimate of drug-likeness (QED) is 0.552. The second-order valence-electron chi connectivity index (χ2n) is 5.41. The maximum atomic E-state index is 10.1. The molecular formula is C18H23NO5. The molecule has 1 unspecified atom stereocenters. The Morgan fingerprint density at radius 1 is 0.958 bits per heavy atom. The van der Waals surface area contributed by atoms with Gasteiger partial charge in [0.25, 0.3) is 0 Å². The van der Waals surface area contributed by atoms with Crippen LogP contribution in [0, 0.1) is 0 Å². The Hall–Kier alpha value is -2.44. The van der Waals surface area contributed by atoms with E-state index >= 15 is 0 Å². The number of aromatic hydroxyl groups is 2. The number of aliphatic hydroxyl groups is 1. The minimum absolute atomic E-state index is 0.00255. The van der Waals surface area contributed by atoms with E-state index < -0.39 is 6.10 Å². The van der Waals surface area contributed by atoms with Gasteiger partial charge in [0.2, 0.25) is 0 Å². The number of hydrogen-bond acceptors (Lipinski definition) is 6. The molecule has 6 heteroatoms. The van der Waals surface area contributed by atoms with Crippen LogP contribution in [0.25, 0.3) is 0 Å². The Balaban J connectivity index is 1.81. The zero-order chi connectivity index (χ0) is 17.5. The molecular weight excluding hydrogens is 310 g/mol. The maximum Gasteiger partial charge on any atom is 0.160 e. The summed E-state index contributed by atoms with van der Waals surface area (Å²) in [7, 11) is 2.98. The molecule has 0 fully saturated rings. The van der Waals surface area contributed by atoms with E-state index in [1.54, 1.807) is 24.3 Å². The third-order valence-corrected chi connectivity index (χ3v) is 3.76. The SMILES string of the molecule is COc1ccc(CCNCC(O)c2ccc(OC)c(O)c2)cc1O. The van der Waals surface area contributed by atoms with Gasteiger partial charge in [-0.05, 0) is 48.4 Å². The van der Waals surface area contributed by atoms with E-state index in [-0.39, 0.29) is 11.5 Å². The Bertz CT molecular complexity index is 674. The summed E-state index contributed by atoms with van der Waals surface area (Å²) in [4.78, 5) is 0. The molecule has 24 heavy (non-hydrogen) atoms. The summed E-state index contributed by atoms with van der Waals surface area (Å²) < 4.78 is 9.98. The molecule has 2 aromatic rings. The molecule has 0 spiro atoms. The number of ether oxygens (including phenoxy) is 2. The lowest BCUT2D eigenvalue weighted by Gasteiger charge is -2.14. The van der Waals surface area contributed by atoms with Gasteiger partial charge in [-0.1, -0.05) is 12.1 Å². The number of nitrogens with one attached hydrogen (secondary N) is 1. The van der Waals surface area contributed by atoms with Crippen LogP contribution in [-0.2, 0) is 6.42 Å². The zero-order valence-corrected chi connectivity index (χ0v) is 13.8. The minimum atomic E-state index is -0.730. The van der Waals surface area contributed by atoms with Gasteiger partial charge >= 0.3 is 0 Å². The smallest absolute Gasteiger partial charge is 0.160 e. The topological polar surface area (TPSA) is 91.2 Å². The summed E-state index contributed by atoms with van der Waals surface area (Å²) >= 11 is 0. The number of aliphatic hydroxyl groups excluding tert-OH is 1. The molecule has 2 rings (SSSR count). The van der Waals surface area contributed by atoms with Crippen LogP contribution < -0.4 is 14.8 Å². The summed E-state index contributed by atoms with van der Waals surface area (Å²) in [5, 5.41) is 32.8. The second-order valence-corrected chi connectivity index (χ2v) is 5.41. The maximum absolute atomic E-state index is 10.1. The highest BCUT2D eigenvalue weighted by Crippen LogP contribution is 2.29. The summed E-state index contributed by atoms with van der Waals surface area (Å²) in [6, 6.07) is 10.1. The first kappa shape index (κ1) is 17.9. The standard InChI is InChI=1S/C18H23NO5/c1-23-17-5-3-12(9-14(17)20)7-8-19-11-16(22)13-4-6-18(24-2)15(21)10-13/h3-6,9-10,16,19-22H,7-8,11H2,1-2H3. The van der Waals surface area contributed by atoms with Crippen LogP contribution in [0.1, 0.15) is 17.2 Å². The second kappa shape index (κ2) is 8.42. The van der Waals surface area contributed by atoms with Gasteiger partial charge in [-0.25, -0.2) is 0 Å². The zero-order valence-electron chi connectivity index (χ0n) is 13.8. The van der Waals surface area contributed by atoms with Crippen LogP contribution in [0.15, 0.2) is 36.4 Å². The fourth-order valence-electron chi connectivity index (χ4n) is 2.39. The number of hydrogen-bond donors (Lipinski definition) is 4. The van der Waals surface area contributed by atoms with Crippen molar-refractivity contribution in [3.63, 3.8) is 0 Å². The van der Waals surface area contributed by atoms with Crippen LogP contribution in [0.4, 0.5) is 0 Å². The Kier molecular flexibility index (Phi) is 6.28. The van der Waals surface area contributed by atoms with Crippen molar-refractivity contribution in [3.8, 4) is 23.0 Å². The van der Waals surface area contributed by atoms with Crippen molar-refractivity contribution >= 4 is 0 Å². The van der Waals surface area contributed by atoms with Gasteiger partial charge in [-0.15, -0.1) is 0 Å². The molecule has 130 valence electrons. The molecule has 2 aromatic carbocycles. The minimum Gasteiger partial charge on any atom is -0.504 e. The number of benzene rings is 2. The predicted molar refractivity (Wildman–Crippen MR) is 90.9 cm³/mol. The molecule has 4 N–H and O–H groups in total. The van der Waals surface area contributed by atoms with E-state index in [0.29, 0.717) is 36.6 Å². The third kappa shape index (κ3) is 4.53. The summed E-state index contributed by atoms with van der Waals surface area (Å²) in [5.41, 5.74) is 1.58. The first-order chi connectivity index (χ1) is 11.5. The van der Waals surface area contributed by atoms with Crippen molar-refractivity contribution in [2.24, 2.45) is 0 Å². The highest BCUT2D eigenvalue weighted by atomic mass is 16.5. The van der Waals surface area contributed by atoms with Crippen LogP contribution in [0.5, 0.6) is 23.0 Å². The van der Waals surface area contributed by atoms with Gasteiger partial charge in [0.1, 0.15) is 0 Å². The summed E-state index contributed by atoms with van der Waals surface area (Å²) in [6.07, 6.45) is -0.0240. The first-order valence-corrected chi connectivity index (χ1v) is 7.66. The van der Waals surface area contributed by atoms with Gasteiger partial charge in [0, 0.05) is 6.54 Å². The summed E-state index contributed by atoms with van der Waals surface area (Å²) in [5.74, 6) is 0.936. The van der Waals surface area contributed by atoms with Gasteiger partial charge in [0.05, 0.1) is 20.3 Å². The molecule has 0 aliphatic rings. The molecule has 0 radical (unpaired) electrons. The lowest BCUT2D eigenvalue weighted by atomic mass is 10.1. The van der Waals surface area contributed by atoms with Gasteiger partial charge in [-0.3, -0.25) is 0 Å². The van der Waals surface area contributed by atoms with Crippen molar-refractivity contribution in [2.45, 2.75) is 12.5 Å². The molecule has 0 amide bonds. The number of phenolic OH excluding ortho intramolecular Hbond substituents is 2. The van der Waals surface area contributed by atoms with Crippen molar-refractivity contribution in [2.75, 3.05) is 27.3 Å². The first-order valence-electron chi connectivity index (χ1n) is 7.66. The average molecular weight is 333 g/mol. The van der Waals surface area contributed by atoms with Crippen LogP contribution in [0.2, 0.25) is 0 Å². The highest BCUT2D eigenvalue weighted by Gasteiger charge is 2.10. The molecule has 1 atom stereocenters. The van der Waals surface area contributed by atoms with Crippen molar-refractivity contribution in [3.05, 3.63) is 47.5 Å². The van der Waals surface area contributed by atoms with E-state index in [1.807, 2.05) is 6.07 Å². The van der Waals surface area contributed by atoms with E-state index in [2.05, 4.69) is 5.32 Å². The molecule has 0 aliphatic carbocycles. The van der Waals surface area contributed by atoms with Gasteiger partial charge in [-0.2, -0.15) is 0 Å². The fourth-order valence-corrected chi connectivity index (χ4v) is 2.39. The Morgan fingerprint density at radius 3 is 2.17 bits per heavy atom. The monoisotopic (exact) mass is 333 g/mol. The average Bonchev–Trinajstić information content (AvgIpc) is 2.58. The number of methoxy groups -OCH3 is 2. The van der Waals surface area contributed by atoms with Crippen molar-refractivity contribution in [1.29, 1.82) is 0 Å². The van der Waals surface area contributed by atoms with E-state index in [0.717, 1.165) is 5.56 Å². The molecule has 0 saturated heterocycles. The van der Waals surface area contributed by atoms with Gasteiger partial charge < -0.3 is 30.1 Å². The summed E-state index contributed by atoms with van der Waals surface area (Å²) in [6.45, 7) is 0.999. The third-order valence-electron chi connectivity index (χ3n) is 3.76. The van der Waals surface area contributed by atoms with Crippen LogP contribution >= 0.6 is 0 Å². The number of phenols is 2. The van der Waals surface area contributed by atoms with Crippen molar-refractivity contribution in [1.82, 2.24) is 5.32 Å². The Morgan fingerprint density at radius 2 is 1.58 bits per heavy atom. The molecule has 0 saturated carbocycles. The van der Waals surface area contributed by atoms with Crippen LogP contribution in [0.3, 0.4) is 0 Å². The lowest BCUT2D eigenvalue weighted by molar-refractivity contribution is 0.174. The molecule has 6 nitrogen and oxygen atoms in total. The van der Waals surface area contributed by atoms with Gasteiger partial charge in [0.15, 0.2) is 23.0 Å². The van der Waals surface area contributed by atoms with Crippen LogP contribution in [-0.4, -0.2) is 42.6 Å². The largest absolute Gasteiger partial charge is 0.504 e. The van der Waals surface area contributed by atoms with E-state index in [4.69, 9.17) is 9.47 Å². The predicted octanol–water partition coefficient (Wildman–Crippen LogP) is 1.98. The molecule has 0 aliphatic heterocycles. The molecule has 0 heterocycles. The highest BCUT2D eigenvalue weighted by molar-refractivity contribution is 5.43. The van der Waals surface area contributed by atoms with Crippen molar-refractivity contribution < 1.29 is 24.8 Å². The molecule has 0 bridgehead atoms. The Labute approximate surface area is 141 Å². The molecule has 0 aromatic heterocycles. The fraction of sp³-hybridized carbons (Fsp3) is 0.333. The van der Waals surface area contributed by atoms with E-state index in [1.165, 1.54) is 20.3 Å².